The summed E-state index contributed by atoms with van der Waals surface area (Å²) in [5, 5.41) is 11.2. The SMILES string of the molecule is CC(=O)OCCC1(C)CCC2(O1)C(C)C(=O)C(OC(C)=O)C1C(C)(COC(C)=O)C(O)CCC12C. The Bertz CT molecular complexity index is 886. The highest BCUT2D eigenvalue weighted by Crippen LogP contribution is 2.67. The molecule has 3 aliphatic rings. The molecular formula is C26H40O9. The van der Waals surface area contributed by atoms with Crippen LogP contribution in [-0.2, 0) is 38.1 Å². The van der Waals surface area contributed by atoms with Crippen molar-refractivity contribution in [2.45, 2.75) is 104 Å². The summed E-state index contributed by atoms with van der Waals surface area (Å²) in [6.45, 7) is 11.7. The maximum Gasteiger partial charge on any atom is 0.303 e. The van der Waals surface area contributed by atoms with E-state index in [2.05, 4.69) is 0 Å². The number of ketones is 1. The summed E-state index contributed by atoms with van der Waals surface area (Å²) in [5.74, 6) is -2.90. The molecule has 0 aromatic heterocycles. The molecule has 2 aliphatic carbocycles. The fraction of sp³-hybridized carbons (Fsp3) is 0.846. The van der Waals surface area contributed by atoms with Crippen LogP contribution in [0.5, 0.6) is 0 Å². The number of aliphatic hydroxyl groups is 1. The average Bonchev–Trinajstić information content (AvgIpc) is 3.11. The Balaban J connectivity index is 2.08. The first-order valence-corrected chi connectivity index (χ1v) is 12.5. The fourth-order valence-corrected chi connectivity index (χ4v) is 7.18. The van der Waals surface area contributed by atoms with E-state index in [9.17, 15) is 24.3 Å². The molecule has 35 heavy (non-hydrogen) atoms. The lowest BCUT2D eigenvalue weighted by molar-refractivity contribution is -0.278. The van der Waals surface area contributed by atoms with Crippen molar-refractivity contribution >= 4 is 23.7 Å². The summed E-state index contributed by atoms with van der Waals surface area (Å²) in [6.07, 6.45) is 0.748. The van der Waals surface area contributed by atoms with Gasteiger partial charge in [0.2, 0.25) is 0 Å². The maximum absolute atomic E-state index is 13.9. The third-order valence-electron chi connectivity index (χ3n) is 9.04. The van der Waals surface area contributed by atoms with Crippen molar-refractivity contribution in [3.63, 3.8) is 0 Å². The first-order valence-electron chi connectivity index (χ1n) is 12.5. The van der Waals surface area contributed by atoms with Crippen LogP contribution in [0.2, 0.25) is 0 Å². The van der Waals surface area contributed by atoms with Gasteiger partial charge in [-0.1, -0.05) is 20.8 Å². The molecular weight excluding hydrogens is 456 g/mol. The normalized spacial score (nSPS) is 42.9. The molecule has 1 heterocycles. The molecule has 1 N–H and O–H groups in total. The maximum atomic E-state index is 13.9. The Labute approximate surface area is 207 Å². The predicted octanol–water partition coefficient (Wildman–Crippen LogP) is 2.74. The lowest BCUT2D eigenvalue weighted by atomic mass is 9.42. The van der Waals surface area contributed by atoms with Gasteiger partial charge in [0.15, 0.2) is 11.9 Å². The summed E-state index contributed by atoms with van der Waals surface area (Å²) >= 11 is 0. The molecule has 0 aromatic rings. The number of carbonyl (C=O) groups excluding carboxylic acids is 4. The minimum atomic E-state index is -1.09. The monoisotopic (exact) mass is 496 g/mol. The van der Waals surface area contributed by atoms with Crippen LogP contribution in [0.1, 0.15) is 80.6 Å². The minimum Gasteiger partial charge on any atom is -0.466 e. The minimum absolute atomic E-state index is 0.108. The van der Waals surface area contributed by atoms with E-state index in [1.165, 1.54) is 20.8 Å². The topological polar surface area (TPSA) is 125 Å². The first kappa shape index (κ1) is 27.6. The Morgan fingerprint density at radius 2 is 1.63 bits per heavy atom. The van der Waals surface area contributed by atoms with Crippen LogP contribution in [0.3, 0.4) is 0 Å². The fourth-order valence-electron chi connectivity index (χ4n) is 7.18. The highest BCUT2D eigenvalue weighted by molar-refractivity contribution is 5.90. The molecule has 9 heteroatoms. The Kier molecular flexibility index (Phi) is 7.46. The Morgan fingerprint density at radius 3 is 2.20 bits per heavy atom. The summed E-state index contributed by atoms with van der Waals surface area (Å²) < 4.78 is 23.1. The van der Waals surface area contributed by atoms with Crippen molar-refractivity contribution in [2.24, 2.45) is 22.7 Å². The number of fused-ring (bicyclic) bond motifs is 2. The molecule has 0 bridgehead atoms. The number of esters is 3. The third kappa shape index (κ3) is 4.61. The first-order chi connectivity index (χ1) is 16.1. The van der Waals surface area contributed by atoms with Gasteiger partial charge in [0, 0.05) is 49.9 Å². The van der Waals surface area contributed by atoms with Crippen molar-refractivity contribution in [1.29, 1.82) is 0 Å². The number of hydrogen-bond acceptors (Lipinski definition) is 9. The predicted molar refractivity (Wildman–Crippen MR) is 124 cm³/mol. The third-order valence-corrected chi connectivity index (χ3v) is 9.04. The van der Waals surface area contributed by atoms with E-state index in [0.29, 0.717) is 32.1 Å². The second kappa shape index (κ2) is 9.47. The van der Waals surface area contributed by atoms with Crippen LogP contribution in [0.25, 0.3) is 0 Å². The zero-order valence-corrected chi connectivity index (χ0v) is 22.0. The number of rotatable bonds is 6. The number of hydrogen-bond donors (Lipinski definition) is 1. The van der Waals surface area contributed by atoms with Crippen LogP contribution < -0.4 is 0 Å². The van der Waals surface area contributed by atoms with Gasteiger partial charge in [-0.25, -0.2) is 0 Å². The summed E-state index contributed by atoms with van der Waals surface area (Å²) in [7, 11) is 0. The largest absolute Gasteiger partial charge is 0.466 e. The molecule has 0 radical (unpaired) electrons. The van der Waals surface area contributed by atoms with Crippen molar-refractivity contribution in [1.82, 2.24) is 0 Å². The molecule has 1 aliphatic heterocycles. The molecule has 3 rings (SSSR count). The van der Waals surface area contributed by atoms with Gasteiger partial charge in [-0.3, -0.25) is 19.2 Å². The number of Topliss-reactive ketones (excluding diaryl/α,β-unsaturated/α-hetero) is 1. The highest BCUT2D eigenvalue weighted by atomic mass is 16.6. The van der Waals surface area contributed by atoms with Gasteiger partial charge in [-0.05, 0) is 32.6 Å². The Hall–Kier alpha value is -2.00. The van der Waals surface area contributed by atoms with Gasteiger partial charge in [0.05, 0.1) is 30.5 Å². The van der Waals surface area contributed by atoms with Crippen molar-refractivity contribution in [3.8, 4) is 0 Å². The summed E-state index contributed by atoms with van der Waals surface area (Å²) in [6, 6.07) is 0. The van der Waals surface area contributed by atoms with E-state index in [1.807, 2.05) is 20.8 Å². The molecule has 198 valence electrons. The molecule has 1 spiro atoms. The van der Waals surface area contributed by atoms with Crippen molar-refractivity contribution < 1.29 is 43.2 Å². The van der Waals surface area contributed by atoms with Crippen molar-refractivity contribution in [3.05, 3.63) is 0 Å². The van der Waals surface area contributed by atoms with E-state index in [-0.39, 0.29) is 25.0 Å². The highest BCUT2D eigenvalue weighted by Gasteiger charge is 2.74. The van der Waals surface area contributed by atoms with E-state index in [4.69, 9.17) is 18.9 Å². The average molecular weight is 497 g/mol. The van der Waals surface area contributed by atoms with Crippen LogP contribution in [0.4, 0.5) is 0 Å². The van der Waals surface area contributed by atoms with Gasteiger partial charge < -0.3 is 24.1 Å². The van der Waals surface area contributed by atoms with Crippen LogP contribution in [0, 0.1) is 22.7 Å². The summed E-state index contributed by atoms with van der Waals surface area (Å²) in [5.41, 5.74) is -3.21. The van der Waals surface area contributed by atoms with E-state index in [1.54, 1.807) is 6.92 Å². The molecule has 9 nitrogen and oxygen atoms in total. The smallest absolute Gasteiger partial charge is 0.303 e. The summed E-state index contributed by atoms with van der Waals surface area (Å²) in [4.78, 5) is 48.9. The second-order valence-electron chi connectivity index (χ2n) is 11.4. The van der Waals surface area contributed by atoms with Crippen LogP contribution in [-0.4, -0.2) is 65.4 Å². The quantitative estimate of drug-likeness (QED) is 0.436. The van der Waals surface area contributed by atoms with E-state index < -0.39 is 58.0 Å². The van der Waals surface area contributed by atoms with Gasteiger partial charge >= 0.3 is 17.9 Å². The van der Waals surface area contributed by atoms with Crippen LogP contribution >= 0.6 is 0 Å². The number of aliphatic hydroxyl groups excluding tert-OH is 1. The van der Waals surface area contributed by atoms with Gasteiger partial charge in [0.1, 0.15) is 0 Å². The number of ether oxygens (including phenoxy) is 4. The molecule has 8 unspecified atom stereocenters. The lowest BCUT2D eigenvalue weighted by Crippen LogP contribution is -2.73. The van der Waals surface area contributed by atoms with E-state index >= 15 is 0 Å². The standard InChI is InChI=1S/C26H40O9/c1-15-20(31)21(34-18(4)29)22-24(6,14-33-17(3)28)19(30)8-9-25(22,7)26(15)11-10-23(5,35-26)12-13-32-16(2)27/h15,19,21-22,30H,8-14H2,1-7H3. The zero-order valence-electron chi connectivity index (χ0n) is 22.0. The molecule has 2 saturated carbocycles. The van der Waals surface area contributed by atoms with Crippen LogP contribution in [0.15, 0.2) is 0 Å². The molecule has 3 fully saturated rings. The van der Waals surface area contributed by atoms with Gasteiger partial charge in [0.25, 0.3) is 0 Å². The number of carbonyl (C=O) groups is 4. The molecule has 0 amide bonds. The van der Waals surface area contributed by atoms with Gasteiger partial charge in [-0.2, -0.15) is 0 Å². The Morgan fingerprint density at radius 1 is 1.00 bits per heavy atom. The molecule has 8 atom stereocenters. The molecule has 1 saturated heterocycles. The van der Waals surface area contributed by atoms with Crippen molar-refractivity contribution in [2.75, 3.05) is 13.2 Å². The second-order valence-corrected chi connectivity index (χ2v) is 11.4. The lowest BCUT2D eigenvalue weighted by Gasteiger charge is -2.65. The zero-order chi connectivity index (χ0) is 26.4. The molecule has 0 aromatic carbocycles. The van der Waals surface area contributed by atoms with E-state index in [0.717, 1.165) is 0 Å². The van der Waals surface area contributed by atoms with Gasteiger partial charge in [-0.15, -0.1) is 0 Å².